The van der Waals surface area contributed by atoms with Gasteiger partial charge in [-0.05, 0) is 81.3 Å². The monoisotopic (exact) mass is 861 g/mol. The topological polar surface area (TPSA) is 201 Å². The first-order valence-corrected chi connectivity index (χ1v) is 22.1. The second kappa shape index (κ2) is 22.1. The molecule has 3 fully saturated rings. The van der Waals surface area contributed by atoms with Crippen molar-refractivity contribution in [1.29, 1.82) is 0 Å². The Kier molecular flexibility index (Phi) is 19.3. The molecular formula is C44H80N2O14. The first-order chi connectivity index (χ1) is 27.9. The van der Waals surface area contributed by atoms with E-state index in [9.17, 15) is 29.7 Å². The summed E-state index contributed by atoms with van der Waals surface area (Å²) in [7, 11) is 6.78. The van der Waals surface area contributed by atoms with Crippen LogP contribution in [-0.2, 0) is 47.5 Å². The van der Waals surface area contributed by atoms with E-state index in [0.717, 1.165) is 19.3 Å². The number of ketones is 1. The minimum Gasteiger partial charge on any atom is -0.459 e. The highest BCUT2D eigenvalue weighted by atomic mass is 16.7. The second-order valence-electron chi connectivity index (χ2n) is 18.6. The molecule has 0 aliphatic carbocycles. The van der Waals surface area contributed by atoms with Crippen molar-refractivity contribution in [3.63, 3.8) is 0 Å². The minimum atomic E-state index is -1.99. The van der Waals surface area contributed by atoms with Crippen molar-refractivity contribution in [2.45, 2.75) is 205 Å². The zero-order valence-corrected chi connectivity index (χ0v) is 39.1. The molecule has 0 spiro atoms. The molecule has 3 aliphatic heterocycles. The summed E-state index contributed by atoms with van der Waals surface area (Å²) in [6, 6.07) is -0.304. The molecule has 0 bridgehead atoms. The second-order valence-corrected chi connectivity index (χ2v) is 18.6. The highest BCUT2D eigenvalue weighted by Crippen LogP contribution is 2.42. The van der Waals surface area contributed by atoms with E-state index in [4.69, 9.17) is 37.9 Å². The molecule has 350 valence electrons. The van der Waals surface area contributed by atoms with Gasteiger partial charge in [-0.15, -0.1) is 0 Å². The number of nitrogens with one attached hydrogen (secondary N) is 1. The molecule has 16 heteroatoms. The number of likely N-dealkylation sites (N-methyl/N-ethyl adjacent to an activating group) is 1. The third-order valence-electron chi connectivity index (χ3n) is 13.5. The van der Waals surface area contributed by atoms with E-state index in [1.165, 1.54) is 21.1 Å². The number of amides is 1. The number of carbonyl (C=O) groups excluding carboxylic acids is 3. The zero-order chi connectivity index (χ0) is 45.5. The van der Waals surface area contributed by atoms with E-state index in [1.807, 2.05) is 39.8 Å². The molecule has 3 heterocycles. The Bertz CT molecular complexity index is 1390. The largest absolute Gasteiger partial charge is 0.459 e. The van der Waals surface area contributed by atoms with Gasteiger partial charge in [-0.3, -0.25) is 9.59 Å². The summed E-state index contributed by atoms with van der Waals surface area (Å²) in [6.45, 7) is 19.7. The Balaban J connectivity index is 2.16. The summed E-state index contributed by atoms with van der Waals surface area (Å²) >= 11 is 0. The van der Waals surface area contributed by atoms with Crippen molar-refractivity contribution in [2.24, 2.45) is 23.7 Å². The number of ether oxygens (including phenoxy) is 8. The molecule has 4 N–H and O–H groups in total. The molecule has 0 unspecified atom stereocenters. The number of unbranched alkanes of at least 4 members (excludes halogenated alkanes) is 2. The van der Waals surface area contributed by atoms with E-state index < -0.39 is 108 Å². The number of cyclic esters (lactones) is 1. The van der Waals surface area contributed by atoms with Crippen LogP contribution in [0.3, 0.4) is 0 Å². The minimum absolute atomic E-state index is 0.0903. The Hall–Kier alpha value is -1.99. The number of carbonyl (C=O) groups is 3. The molecule has 18 atom stereocenters. The number of esters is 1. The Morgan fingerprint density at radius 1 is 0.883 bits per heavy atom. The first kappa shape index (κ1) is 52.4. The Morgan fingerprint density at radius 2 is 1.50 bits per heavy atom. The number of hydrogen-bond acceptors (Lipinski definition) is 15. The fourth-order valence-electron chi connectivity index (χ4n) is 9.52. The van der Waals surface area contributed by atoms with Crippen LogP contribution in [0.1, 0.15) is 121 Å². The molecule has 0 radical (unpaired) electrons. The van der Waals surface area contributed by atoms with Crippen LogP contribution in [0.5, 0.6) is 0 Å². The van der Waals surface area contributed by atoms with Crippen LogP contribution >= 0.6 is 0 Å². The maximum Gasteiger partial charge on any atom is 0.407 e. The van der Waals surface area contributed by atoms with E-state index in [2.05, 4.69) is 12.2 Å². The molecule has 0 aromatic rings. The van der Waals surface area contributed by atoms with E-state index in [0.29, 0.717) is 13.0 Å². The number of aliphatic hydroxyl groups excluding tert-OH is 2. The van der Waals surface area contributed by atoms with Crippen molar-refractivity contribution in [1.82, 2.24) is 10.2 Å². The van der Waals surface area contributed by atoms with E-state index in [-0.39, 0.29) is 37.2 Å². The molecule has 0 aromatic carbocycles. The molecule has 3 rings (SSSR count). The quantitative estimate of drug-likeness (QED) is 0.150. The van der Waals surface area contributed by atoms with Gasteiger partial charge in [-0.1, -0.05) is 47.5 Å². The van der Waals surface area contributed by atoms with Crippen molar-refractivity contribution in [3.8, 4) is 0 Å². The van der Waals surface area contributed by atoms with Gasteiger partial charge in [0.1, 0.15) is 29.2 Å². The molecule has 16 nitrogen and oxygen atoms in total. The van der Waals surface area contributed by atoms with Gasteiger partial charge in [-0.25, -0.2) is 4.79 Å². The number of alkyl carbamates (subject to hydrolysis) is 1. The van der Waals surface area contributed by atoms with Crippen LogP contribution in [0.25, 0.3) is 0 Å². The lowest BCUT2D eigenvalue weighted by Crippen LogP contribution is -2.62. The first-order valence-electron chi connectivity index (χ1n) is 22.1. The van der Waals surface area contributed by atoms with Gasteiger partial charge >= 0.3 is 12.1 Å². The highest BCUT2D eigenvalue weighted by Gasteiger charge is 2.55. The normalized spacial score (nSPS) is 43.9. The van der Waals surface area contributed by atoms with Gasteiger partial charge in [0.15, 0.2) is 18.7 Å². The lowest BCUT2D eigenvalue weighted by atomic mass is 9.74. The zero-order valence-electron chi connectivity index (χ0n) is 39.1. The number of aliphatic hydroxyl groups is 3. The predicted molar refractivity (Wildman–Crippen MR) is 223 cm³/mol. The average Bonchev–Trinajstić information content (AvgIpc) is 3.19. The molecule has 0 saturated carbocycles. The fraction of sp³-hybridized carbons (Fsp3) is 0.932. The summed E-state index contributed by atoms with van der Waals surface area (Å²) in [5.74, 6) is -4.62. The SMILES string of the molecule is CCCCCNC(=O)O[C@H]1[C@H](C)O[C@@H](O[C@H]2[C@H](C)[C@@H](O[C@@H]3O[C@H](C)C[C@H](N(C)C)[C@H]3O)[C@@](C)(OC)C[C@@H](C)C(=O)[C@H](C)[C@@H](O)[C@](C)(O)[C@@H](CC)OC(=O)[C@@H]2C)C[C@@]1(C)OC. The lowest BCUT2D eigenvalue weighted by Gasteiger charge is -2.50. The predicted octanol–water partition coefficient (Wildman–Crippen LogP) is 4.36. The van der Waals surface area contributed by atoms with Crippen LogP contribution in [0.2, 0.25) is 0 Å². The maximum atomic E-state index is 14.4. The maximum absolute atomic E-state index is 14.4. The number of Topliss-reactive ketones (excluding diaryl/α,β-unsaturated/α-hetero) is 1. The molecule has 3 saturated heterocycles. The number of hydrogen-bond donors (Lipinski definition) is 4. The van der Waals surface area contributed by atoms with Crippen molar-refractivity contribution < 1.29 is 67.6 Å². The third-order valence-corrected chi connectivity index (χ3v) is 13.5. The van der Waals surface area contributed by atoms with Gasteiger partial charge in [0, 0.05) is 51.0 Å². The fourth-order valence-corrected chi connectivity index (χ4v) is 9.52. The summed E-state index contributed by atoms with van der Waals surface area (Å²) in [6.07, 6.45) is -6.77. The van der Waals surface area contributed by atoms with Crippen LogP contribution in [0, 0.1) is 23.7 Å². The van der Waals surface area contributed by atoms with Crippen molar-refractivity contribution in [3.05, 3.63) is 0 Å². The van der Waals surface area contributed by atoms with E-state index in [1.54, 1.807) is 41.5 Å². The Morgan fingerprint density at radius 3 is 2.07 bits per heavy atom. The summed E-state index contributed by atoms with van der Waals surface area (Å²) in [5.41, 5.74) is -4.36. The van der Waals surface area contributed by atoms with Crippen molar-refractivity contribution >= 4 is 17.8 Å². The smallest absolute Gasteiger partial charge is 0.407 e. The van der Waals surface area contributed by atoms with Gasteiger partial charge in [-0.2, -0.15) is 0 Å². The number of rotatable bonds is 13. The summed E-state index contributed by atoms with van der Waals surface area (Å²) in [5, 5.41) is 37.8. The van der Waals surface area contributed by atoms with E-state index >= 15 is 0 Å². The van der Waals surface area contributed by atoms with Crippen LogP contribution in [-0.4, -0.2) is 157 Å². The Labute approximate surface area is 358 Å². The summed E-state index contributed by atoms with van der Waals surface area (Å²) < 4.78 is 50.7. The van der Waals surface area contributed by atoms with Gasteiger partial charge in [0.2, 0.25) is 0 Å². The highest BCUT2D eigenvalue weighted by molar-refractivity contribution is 5.83. The average molecular weight is 861 g/mol. The molecule has 1 amide bonds. The van der Waals surface area contributed by atoms with Gasteiger partial charge < -0.3 is 63.4 Å². The van der Waals surface area contributed by atoms with Crippen LogP contribution in [0.4, 0.5) is 4.79 Å². The van der Waals surface area contributed by atoms with Crippen molar-refractivity contribution in [2.75, 3.05) is 34.9 Å². The van der Waals surface area contributed by atoms with Crippen LogP contribution in [0.15, 0.2) is 0 Å². The molecule has 3 aliphatic rings. The standard InChI is InChI=1S/C44H80N2O14/c1-16-18-19-20-45-41(51)60-38-29(8)56-32(23-43(38,10)54-15)58-35-27(6)37(59-40-34(48)30(46(12)13)21-25(4)55-40)42(9,53-14)22-24(3)33(47)26(5)36(49)44(11,52)31(17-2)57-39(50)28(35)7/h24-32,34-38,40,48-49,52H,16-23H2,1-15H3,(H,45,51)/t24-,25-,26+,27+,28-,29+,30+,31-,32+,34-,35+,36-,37-,38+,40+,42+,43-,44-/m1/s1. The molecule has 60 heavy (non-hydrogen) atoms. The summed E-state index contributed by atoms with van der Waals surface area (Å²) in [4.78, 5) is 43.3. The number of nitrogens with zero attached hydrogens (tertiary/aromatic N) is 1. The lowest BCUT2D eigenvalue weighted by molar-refractivity contribution is -0.319. The molecule has 0 aromatic heterocycles. The van der Waals surface area contributed by atoms with Gasteiger partial charge in [0.25, 0.3) is 0 Å². The van der Waals surface area contributed by atoms with Gasteiger partial charge in [0.05, 0.1) is 42.0 Å². The number of methoxy groups -OCH3 is 2. The van der Waals surface area contributed by atoms with Crippen LogP contribution < -0.4 is 5.32 Å². The third kappa shape index (κ3) is 12.2. The molecular weight excluding hydrogens is 780 g/mol.